The average molecular weight is 349 g/mol. The summed E-state index contributed by atoms with van der Waals surface area (Å²) in [5.41, 5.74) is 2.13. The van der Waals surface area contributed by atoms with Crippen LogP contribution in [-0.2, 0) is 16.1 Å². The van der Waals surface area contributed by atoms with Crippen LogP contribution in [0.5, 0.6) is 5.75 Å². The first kappa shape index (κ1) is 18.3. The van der Waals surface area contributed by atoms with Gasteiger partial charge in [-0.3, -0.25) is 0 Å². The molecule has 0 radical (unpaired) electrons. The van der Waals surface area contributed by atoms with E-state index in [0.717, 1.165) is 11.1 Å². The number of ether oxygens (including phenoxy) is 2. The molecule has 24 heavy (non-hydrogen) atoms. The number of aliphatic carboxylic acids is 1. The van der Waals surface area contributed by atoms with E-state index in [1.807, 2.05) is 43.3 Å². The molecule has 0 aliphatic rings. The van der Waals surface area contributed by atoms with Crippen LogP contribution in [0.4, 0.5) is 0 Å². The smallest absolute Gasteiger partial charge is 0.344 e. The quantitative estimate of drug-likeness (QED) is 0.679. The fraction of sp³-hybridized carbons (Fsp3) is 0.316. The van der Waals surface area contributed by atoms with Crippen molar-refractivity contribution in [2.24, 2.45) is 0 Å². The SMILES string of the molecule is Cc1ccc(OC(CCCOCc2ccc(Cl)cc2)C(=O)O)cc1. The van der Waals surface area contributed by atoms with Crippen molar-refractivity contribution in [3.8, 4) is 5.75 Å². The molecule has 1 N–H and O–H groups in total. The topological polar surface area (TPSA) is 55.8 Å². The largest absolute Gasteiger partial charge is 0.479 e. The van der Waals surface area contributed by atoms with Crippen LogP contribution in [0.2, 0.25) is 5.02 Å². The summed E-state index contributed by atoms with van der Waals surface area (Å²) in [6.07, 6.45) is 0.132. The summed E-state index contributed by atoms with van der Waals surface area (Å²) in [5, 5.41) is 9.96. The zero-order valence-electron chi connectivity index (χ0n) is 13.6. The highest BCUT2D eigenvalue weighted by molar-refractivity contribution is 6.30. The number of carbonyl (C=O) groups is 1. The first-order chi connectivity index (χ1) is 11.5. The van der Waals surface area contributed by atoms with E-state index < -0.39 is 12.1 Å². The Bertz CT molecular complexity index is 637. The molecule has 0 spiro atoms. The van der Waals surface area contributed by atoms with Gasteiger partial charge in [0.2, 0.25) is 0 Å². The second-order valence-corrected chi connectivity index (χ2v) is 6.02. The van der Waals surface area contributed by atoms with Crippen LogP contribution in [0.3, 0.4) is 0 Å². The minimum Gasteiger partial charge on any atom is -0.479 e. The van der Waals surface area contributed by atoms with Crippen molar-refractivity contribution in [2.75, 3.05) is 6.61 Å². The Hall–Kier alpha value is -2.04. The molecule has 0 aliphatic heterocycles. The number of halogens is 1. The Morgan fingerprint density at radius 1 is 1.12 bits per heavy atom. The van der Waals surface area contributed by atoms with E-state index in [0.29, 0.717) is 36.8 Å². The number of aryl methyl sites for hydroxylation is 1. The molecule has 0 saturated heterocycles. The Morgan fingerprint density at radius 2 is 1.79 bits per heavy atom. The molecule has 1 unspecified atom stereocenters. The van der Waals surface area contributed by atoms with Crippen LogP contribution in [-0.4, -0.2) is 23.8 Å². The van der Waals surface area contributed by atoms with E-state index in [-0.39, 0.29) is 0 Å². The average Bonchev–Trinajstić information content (AvgIpc) is 2.57. The van der Waals surface area contributed by atoms with Gasteiger partial charge >= 0.3 is 5.97 Å². The predicted octanol–water partition coefficient (Wildman–Crippen LogP) is 4.48. The van der Waals surface area contributed by atoms with Gasteiger partial charge in [0.05, 0.1) is 6.61 Å². The summed E-state index contributed by atoms with van der Waals surface area (Å²) in [7, 11) is 0. The lowest BCUT2D eigenvalue weighted by molar-refractivity contribution is -0.145. The zero-order chi connectivity index (χ0) is 17.4. The van der Waals surface area contributed by atoms with Gasteiger partial charge in [-0.25, -0.2) is 4.79 Å². The van der Waals surface area contributed by atoms with E-state index in [4.69, 9.17) is 21.1 Å². The summed E-state index contributed by atoms with van der Waals surface area (Å²) in [5.74, 6) is -0.400. The standard InChI is InChI=1S/C19H21ClO4/c1-14-4-10-17(11-5-14)24-18(19(21)22)3-2-12-23-13-15-6-8-16(20)9-7-15/h4-11,18H,2-3,12-13H2,1H3,(H,21,22). The van der Waals surface area contributed by atoms with Gasteiger partial charge in [0.25, 0.3) is 0 Å². The van der Waals surface area contributed by atoms with Crippen molar-refractivity contribution in [1.29, 1.82) is 0 Å². The second-order valence-electron chi connectivity index (χ2n) is 5.58. The third kappa shape index (κ3) is 6.22. The van der Waals surface area contributed by atoms with Crippen molar-refractivity contribution in [3.05, 3.63) is 64.7 Å². The summed E-state index contributed by atoms with van der Waals surface area (Å²) >= 11 is 5.82. The van der Waals surface area contributed by atoms with Gasteiger partial charge in [0, 0.05) is 11.6 Å². The molecule has 0 saturated carbocycles. The minimum atomic E-state index is -0.965. The predicted molar refractivity (Wildman–Crippen MR) is 93.6 cm³/mol. The summed E-state index contributed by atoms with van der Waals surface area (Å²) in [6, 6.07) is 14.8. The van der Waals surface area contributed by atoms with Crippen molar-refractivity contribution in [2.45, 2.75) is 32.5 Å². The van der Waals surface area contributed by atoms with Gasteiger partial charge in [0.1, 0.15) is 5.75 Å². The maximum atomic E-state index is 11.3. The molecule has 0 amide bonds. The van der Waals surface area contributed by atoms with Crippen LogP contribution in [0, 0.1) is 6.92 Å². The third-order valence-corrected chi connectivity index (χ3v) is 3.76. The molecule has 5 heteroatoms. The molecule has 0 bridgehead atoms. The Labute approximate surface area is 147 Å². The maximum Gasteiger partial charge on any atom is 0.344 e. The molecule has 0 fully saturated rings. The van der Waals surface area contributed by atoms with Crippen LogP contribution >= 0.6 is 11.6 Å². The van der Waals surface area contributed by atoms with Crippen molar-refractivity contribution < 1.29 is 19.4 Å². The maximum absolute atomic E-state index is 11.3. The summed E-state index contributed by atoms with van der Waals surface area (Å²) in [4.78, 5) is 11.3. The molecular weight excluding hydrogens is 328 g/mol. The third-order valence-electron chi connectivity index (χ3n) is 3.51. The first-order valence-electron chi connectivity index (χ1n) is 7.83. The molecule has 0 aliphatic carbocycles. The summed E-state index contributed by atoms with van der Waals surface area (Å²) in [6.45, 7) is 2.92. The Balaban J connectivity index is 1.72. The van der Waals surface area contributed by atoms with Crippen LogP contribution in [0.25, 0.3) is 0 Å². The lowest BCUT2D eigenvalue weighted by Gasteiger charge is -2.15. The fourth-order valence-electron chi connectivity index (χ4n) is 2.16. The molecule has 0 aromatic heterocycles. The van der Waals surface area contributed by atoms with E-state index in [1.165, 1.54) is 0 Å². The van der Waals surface area contributed by atoms with Crippen molar-refractivity contribution >= 4 is 17.6 Å². The lowest BCUT2D eigenvalue weighted by Crippen LogP contribution is -2.27. The Morgan fingerprint density at radius 3 is 2.42 bits per heavy atom. The van der Waals surface area contributed by atoms with Crippen molar-refractivity contribution in [3.63, 3.8) is 0 Å². The van der Waals surface area contributed by atoms with Crippen molar-refractivity contribution in [1.82, 2.24) is 0 Å². The fourth-order valence-corrected chi connectivity index (χ4v) is 2.28. The molecule has 2 aromatic carbocycles. The molecule has 2 rings (SSSR count). The highest BCUT2D eigenvalue weighted by atomic mass is 35.5. The van der Waals surface area contributed by atoms with Gasteiger partial charge < -0.3 is 14.6 Å². The lowest BCUT2D eigenvalue weighted by atomic mass is 10.2. The highest BCUT2D eigenvalue weighted by Crippen LogP contribution is 2.16. The molecule has 1 atom stereocenters. The molecule has 4 nitrogen and oxygen atoms in total. The van der Waals surface area contributed by atoms with Gasteiger partial charge in [-0.15, -0.1) is 0 Å². The van der Waals surface area contributed by atoms with Gasteiger partial charge in [-0.05, 0) is 49.6 Å². The Kier molecular flexibility index (Phi) is 7.09. The molecule has 0 heterocycles. The number of hydrogen-bond acceptors (Lipinski definition) is 3. The number of rotatable bonds is 9. The van der Waals surface area contributed by atoms with Crippen LogP contribution < -0.4 is 4.74 Å². The molecule has 128 valence electrons. The number of benzene rings is 2. The van der Waals surface area contributed by atoms with Gasteiger partial charge in [-0.1, -0.05) is 41.4 Å². The molecule has 2 aromatic rings. The van der Waals surface area contributed by atoms with E-state index in [1.54, 1.807) is 12.1 Å². The number of carboxylic acid groups (broad SMARTS) is 1. The first-order valence-corrected chi connectivity index (χ1v) is 8.21. The zero-order valence-corrected chi connectivity index (χ0v) is 14.3. The second kappa shape index (κ2) is 9.30. The van der Waals surface area contributed by atoms with Gasteiger partial charge in [0.15, 0.2) is 6.10 Å². The van der Waals surface area contributed by atoms with E-state index in [2.05, 4.69) is 0 Å². The number of carboxylic acids is 1. The van der Waals surface area contributed by atoms with E-state index >= 15 is 0 Å². The number of hydrogen-bond donors (Lipinski definition) is 1. The minimum absolute atomic E-state index is 0.393. The van der Waals surface area contributed by atoms with Crippen LogP contribution in [0.1, 0.15) is 24.0 Å². The van der Waals surface area contributed by atoms with Crippen LogP contribution in [0.15, 0.2) is 48.5 Å². The molecular formula is C19H21ClO4. The normalized spacial score (nSPS) is 11.9. The highest BCUT2D eigenvalue weighted by Gasteiger charge is 2.18. The monoisotopic (exact) mass is 348 g/mol. The van der Waals surface area contributed by atoms with Gasteiger partial charge in [-0.2, -0.15) is 0 Å². The summed E-state index contributed by atoms with van der Waals surface area (Å²) < 4.78 is 11.1. The van der Waals surface area contributed by atoms with E-state index in [9.17, 15) is 9.90 Å².